The third-order valence-corrected chi connectivity index (χ3v) is 3.11. The Balaban J connectivity index is 2.73. The van der Waals surface area contributed by atoms with Crippen LogP contribution in [0.3, 0.4) is 0 Å². The second kappa shape index (κ2) is 8.58. The minimum atomic E-state index is -0.745. The Morgan fingerprint density at radius 2 is 1.86 bits per heavy atom. The Hall–Kier alpha value is -1.82. The molecule has 1 amide bonds. The predicted octanol–water partition coefficient (Wildman–Crippen LogP) is 1.45. The van der Waals surface area contributed by atoms with Crippen molar-refractivity contribution in [3.8, 4) is 0 Å². The van der Waals surface area contributed by atoms with Gasteiger partial charge >= 0.3 is 12.1 Å². The molecule has 0 aliphatic carbocycles. The number of benzene rings is 1. The quantitative estimate of drug-likeness (QED) is 0.636. The van der Waals surface area contributed by atoms with Gasteiger partial charge in [-0.3, -0.25) is 0 Å². The Morgan fingerprint density at radius 3 is 2.41 bits per heavy atom. The molecular formula is C16H25NO4Si. The predicted molar refractivity (Wildman–Crippen MR) is 89.0 cm³/mol. The summed E-state index contributed by atoms with van der Waals surface area (Å²) in [5.41, 5.74) is 0.340. The maximum absolute atomic E-state index is 12.1. The zero-order valence-electron chi connectivity index (χ0n) is 13.7. The van der Waals surface area contributed by atoms with Crippen molar-refractivity contribution in [2.45, 2.75) is 44.9 Å². The molecule has 1 N–H and O–H groups in total. The summed E-state index contributed by atoms with van der Waals surface area (Å²) in [6.45, 7) is 5.72. The number of carbonyl (C=O) groups is 2. The lowest BCUT2D eigenvalue weighted by Gasteiger charge is -2.23. The van der Waals surface area contributed by atoms with E-state index in [1.165, 1.54) is 0 Å². The SMILES string of the molecule is CC(C)(C)OC(=O)N[C@@H](Cc1ccccc1)C(=O)OCC[SiH3]. The van der Waals surface area contributed by atoms with Gasteiger partial charge in [-0.2, -0.15) is 0 Å². The smallest absolute Gasteiger partial charge is 0.408 e. The summed E-state index contributed by atoms with van der Waals surface area (Å²) < 4.78 is 10.4. The Labute approximate surface area is 134 Å². The molecule has 0 aliphatic heterocycles. The highest BCUT2D eigenvalue weighted by Gasteiger charge is 2.25. The van der Waals surface area contributed by atoms with E-state index in [9.17, 15) is 9.59 Å². The maximum Gasteiger partial charge on any atom is 0.408 e. The maximum atomic E-state index is 12.1. The standard InChI is InChI=1S/C16H25NO4Si/c1-16(2,3)21-15(19)17-13(14(18)20-9-10-22)11-12-7-5-4-6-8-12/h4-8,13H,9-11H2,1-3,22H3,(H,17,19)/t13-/m0/s1. The molecule has 0 aromatic heterocycles. The number of carbonyl (C=O) groups excluding carboxylic acids is 2. The summed E-state index contributed by atoms with van der Waals surface area (Å²) in [5.74, 6) is -0.425. The van der Waals surface area contributed by atoms with Crippen LogP contribution in [0.15, 0.2) is 30.3 Å². The number of alkyl carbamates (subject to hydrolysis) is 1. The lowest BCUT2D eigenvalue weighted by Crippen LogP contribution is -2.45. The first-order valence-electron chi connectivity index (χ1n) is 7.52. The van der Waals surface area contributed by atoms with Crippen molar-refractivity contribution in [2.75, 3.05) is 6.61 Å². The van der Waals surface area contributed by atoms with E-state index in [0.717, 1.165) is 21.9 Å². The van der Waals surface area contributed by atoms with Gasteiger partial charge in [-0.15, -0.1) is 0 Å². The van der Waals surface area contributed by atoms with Gasteiger partial charge in [0.2, 0.25) is 0 Å². The van der Waals surface area contributed by atoms with Crippen LogP contribution in [0, 0.1) is 0 Å². The molecule has 0 aliphatic rings. The lowest BCUT2D eigenvalue weighted by atomic mass is 10.1. The highest BCUT2D eigenvalue weighted by molar-refractivity contribution is 6.08. The third-order valence-electron chi connectivity index (χ3n) is 2.71. The summed E-state index contributed by atoms with van der Waals surface area (Å²) in [6, 6.07) is 9.63. The van der Waals surface area contributed by atoms with E-state index in [2.05, 4.69) is 5.32 Å². The first-order valence-corrected chi connectivity index (χ1v) is 8.93. The van der Waals surface area contributed by atoms with Gasteiger partial charge in [0.25, 0.3) is 0 Å². The number of amides is 1. The molecule has 0 bridgehead atoms. The molecule has 6 heteroatoms. The fourth-order valence-electron chi connectivity index (χ4n) is 1.80. The van der Waals surface area contributed by atoms with Crippen LogP contribution in [0.25, 0.3) is 0 Å². The summed E-state index contributed by atoms with van der Waals surface area (Å²) in [7, 11) is 0.971. The molecule has 1 aromatic carbocycles. The summed E-state index contributed by atoms with van der Waals surface area (Å²) in [5, 5.41) is 2.61. The average molecular weight is 323 g/mol. The highest BCUT2D eigenvalue weighted by Crippen LogP contribution is 2.09. The minimum absolute atomic E-state index is 0.375. The van der Waals surface area contributed by atoms with Gasteiger partial charge in [-0.25, -0.2) is 9.59 Å². The Morgan fingerprint density at radius 1 is 1.23 bits per heavy atom. The number of hydrogen-bond donors (Lipinski definition) is 1. The number of hydrogen-bond acceptors (Lipinski definition) is 4. The van der Waals surface area contributed by atoms with Gasteiger partial charge in [0.1, 0.15) is 11.6 Å². The molecule has 1 atom stereocenters. The molecule has 0 spiro atoms. The number of esters is 1. The summed E-state index contributed by atoms with van der Waals surface area (Å²) >= 11 is 0. The molecule has 0 heterocycles. The summed E-state index contributed by atoms with van der Waals surface area (Å²) in [6.07, 6.45) is -0.240. The normalized spacial score (nSPS) is 12.5. The number of rotatable bonds is 6. The largest absolute Gasteiger partial charge is 0.464 e. The molecule has 0 unspecified atom stereocenters. The summed E-state index contributed by atoms with van der Waals surface area (Å²) in [4.78, 5) is 24.0. The van der Waals surface area contributed by atoms with Crippen LogP contribution >= 0.6 is 0 Å². The molecule has 122 valence electrons. The van der Waals surface area contributed by atoms with Crippen LogP contribution < -0.4 is 5.32 Å². The molecule has 0 saturated carbocycles. The van der Waals surface area contributed by atoms with Crippen molar-refractivity contribution in [2.24, 2.45) is 0 Å². The van der Waals surface area contributed by atoms with E-state index in [0.29, 0.717) is 13.0 Å². The van der Waals surface area contributed by atoms with Crippen molar-refractivity contribution < 1.29 is 19.1 Å². The average Bonchev–Trinajstić information content (AvgIpc) is 2.43. The lowest BCUT2D eigenvalue weighted by molar-refractivity contribution is -0.145. The van der Waals surface area contributed by atoms with E-state index in [4.69, 9.17) is 9.47 Å². The van der Waals surface area contributed by atoms with Crippen LogP contribution in [-0.2, 0) is 20.7 Å². The fourth-order valence-corrected chi connectivity index (χ4v) is 2.00. The first kappa shape index (κ1) is 18.2. The van der Waals surface area contributed by atoms with Crippen LogP contribution in [0.2, 0.25) is 6.04 Å². The van der Waals surface area contributed by atoms with Crippen molar-refractivity contribution in [3.63, 3.8) is 0 Å². The fraction of sp³-hybridized carbons (Fsp3) is 0.500. The number of ether oxygens (including phenoxy) is 2. The van der Waals surface area contributed by atoms with E-state index in [-0.39, 0.29) is 0 Å². The van der Waals surface area contributed by atoms with Gasteiger partial charge in [0, 0.05) is 16.7 Å². The first-order chi connectivity index (χ1) is 10.3. The van der Waals surface area contributed by atoms with Crippen LogP contribution in [-0.4, -0.2) is 40.6 Å². The molecule has 0 fully saturated rings. The monoisotopic (exact) mass is 323 g/mol. The van der Waals surface area contributed by atoms with Crippen molar-refractivity contribution in [1.82, 2.24) is 5.32 Å². The van der Waals surface area contributed by atoms with Gasteiger partial charge in [0.15, 0.2) is 0 Å². The molecule has 22 heavy (non-hydrogen) atoms. The van der Waals surface area contributed by atoms with Crippen molar-refractivity contribution in [3.05, 3.63) is 35.9 Å². The van der Waals surface area contributed by atoms with Crippen molar-refractivity contribution >= 4 is 22.3 Å². The van der Waals surface area contributed by atoms with Crippen molar-refractivity contribution in [1.29, 1.82) is 0 Å². The van der Waals surface area contributed by atoms with Crippen LogP contribution in [0.1, 0.15) is 26.3 Å². The molecule has 0 radical (unpaired) electrons. The van der Waals surface area contributed by atoms with E-state index in [1.54, 1.807) is 20.8 Å². The van der Waals surface area contributed by atoms with Gasteiger partial charge in [0.05, 0.1) is 6.61 Å². The van der Waals surface area contributed by atoms with E-state index in [1.807, 2.05) is 30.3 Å². The van der Waals surface area contributed by atoms with E-state index >= 15 is 0 Å². The highest BCUT2D eigenvalue weighted by atomic mass is 28.1. The van der Waals surface area contributed by atoms with Crippen LogP contribution in [0.5, 0.6) is 0 Å². The molecule has 0 saturated heterocycles. The minimum Gasteiger partial charge on any atom is -0.464 e. The molecular weight excluding hydrogens is 298 g/mol. The topological polar surface area (TPSA) is 64.6 Å². The third kappa shape index (κ3) is 7.26. The Bertz CT molecular complexity index is 485. The molecule has 1 rings (SSSR count). The van der Waals surface area contributed by atoms with Gasteiger partial charge in [-0.05, 0) is 32.4 Å². The number of nitrogens with one attached hydrogen (secondary N) is 1. The van der Waals surface area contributed by atoms with E-state index < -0.39 is 23.7 Å². The van der Waals surface area contributed by atoms with Gasteiger partial charge in [-0.1, -0.05) is 30.3 Å². The second-order valence-electron chi connectivity index (χ2n) is 6.06. The zero-order chi connectivity index (χ0) is 16.6. The van der Waals surface area contributed by atoms with Crippen LogP contribution in [0.4, 0.5) is 4.79 Å². The molecule has 1 aromatic rings. The molecule has 5 nitrogen and oxygen atoms in total. The van der Waals surface area contributed by atoms with Gasteiger partial charge < -0.3 is 14.8 Å². The second-order valence-corrected chi connectivity index (χ2v) is 7.06. The Kier molecular flexibility index (Phi) is 7.11. The zero-order valence-corrected chi connectivity index (χ0v) is 15.7.